The highest BCUT2D eigenvalue weighted by atomic mass is 32.2. The lowest BCUT2D eigenvalue weighted by molar-refractivity contribution is 0.0936. The Morgan fingerprint density at radius 2 is 1.85 bits per heavy atom. The first-order valence-electron chi connectivity index (χ1n) is 8.42. The molecule has 0 saturated heterocycles. The first-order chi connectivity index (χ1) is 12.4. The molecule has 2 N–H and O–H groups in total. The van der Waals surface area contributed by atoms with Gasteiger partial charge in [-0.3, -0.25) is 4.79 Å². The van der Waals surface area contributed by atoms with Gasteiger partial charge in [0.15, 0.2) is 0 Å². The molecule has 0 fully saturated rings. The van der Waals surface area contributed by atoms with Gasteiger partial charge in [0.2, 0.25) is 14.8 Å². The Morgan fingerprint density at radius 1 is 1.12 bits per heavy atom. The third-order valence-corrected chi connectivity index (χ3v) is 6.92. The summed E-state index contributed by atoms with van der Waals surface area (Å²) in [6.45, 7) is 0.117. The number of nitrogens with one attached hydrogen (secondary N) is 2. The van der Waals surface area contributed by atoms with Crippen LogP contribution < -0.4 is 15.4 Å². The predicted molar refractivity (Wildman–Crippen MR) is 99.1 cm³/mol. The molecule has 1 unspecified atom stereocenters. The van der Waals surface area contributed by atoms with Gasteiger partial charge in [-0.1, -0.05) is 30.3 Å². The zero-order chi connectivity index (χ0) is 18.8. The summed E-state index contributed by atoms with van der Waals surface area (Å²) in [5.74, 6) is 0.0343. The molecule has 26 heavy (non-hydrogen) atoms. The number of para-hydroxylation sites is 1. The molecular weight excluding hydrogens is 352 g/mol. The number of fused-ring (bicyclic) bond motifs is 1. The van der Waals surface area contributed by atoms with Crippen molar-refractivity contribution in [2.45, 2.75) is 22.7 Å². The van der Waals surface area contributed by atoms with Gasteiger partial charge in [-0.05, 0) is 37.2 Å². The van der Waals surface area contributed by atoms with E-state index in [2.05, 4.69) is 10.6 Å². The molecule has 1 aliphatic rings. The van der Waals surface area contributed by atoms with Crippen LogP contribution in [0.3, 0.4) is 0 Å². The molecule has 6 nitrogen and oxygen atoms in total. The smallest absolute Gasteiger partial charge is 0.254 e. The molecule has 2 aromatic carbocycles. The second-order valence-corrected chi connectivity index (χ2v) is 8.45. The highest BCUT2D eigenvalue weighted by molar-refractivity contribution is 7.92. The van der Waals surface area contributed by atoms with Crippen LogP contribution in [0.1, 0.15) is 22.3 Å². The molecule has 2 aromatic rings. The van der Waals surface area contributed by atoms with Gasteiger partial charge in [-0.2, -0.15) is 0 Å². The third kappa shape index (κ3) is 2.97. The molecular formula is C19H22N2O4S. The Morgan fingerprint density at radius 3 is 2.50 bits per heavy atom. The maximum absolute atomic E-state index is 13.4. The number of likely N-dealkylation sites (N-methyl/N-ethyl adjacent to an activating group) is 1. The molecule has 1 amide bonds. The van der Waals surface area contributed by atoms with Crippen molar-refractivity contribution in [1.82, 2.24) is 10.6 Å². The van der Waals surface area contributed by atoms with E-state index in [0.29, 0.717) is 24.2 Å². The zero-order valence-electron chi connectivity index (χ0n) is 14.8. The summed E-state index contributed by atoms with van der Waals surface area (Å²) in [4.78, 5) is 11.0. The van der Waals surface area contributed by atoms with E-state index < -0.39 is 14.8 Å². The van der Waals surface area contributed by atoms with E-state index in [9.17, 15) is 13.2 Å². The molecule has 0 saturated carbocycles. The number of amides is 1. The summed E-state index contributed by atoms with van der Waals surface area (Å²) in [6, 6.07) is 13.6. The average Bonchev–Trinajstić information content (AvgIpc) is 2.67. The molecule has 0 radical (unpaired) electrons. The highest BCUT2D eigenvalue weighted by Gasteiger charge is 2.49. The molecule has 3 rings (SSSR count). The minimum absolute atomic E-state index is 0.117. The second kappa shape index (κ2) is 7.09. The average molecular weight is 374 g/mol. The Bertz CT molecular complexity index is 912. The van der Waals surface area contributed by atoms with Crippen LogP contribution in [0.2, 0.25) is 0 Å². The van der Waals surface area contributed by atoms with Crippen molar-refractivity contribution in [2.75, 3.05) is 20.6 Å². The fourth-order valence-electron chi connectivity index (χ4n) is 3.27. The maximum Gasteiger partial charge on any atom is 0.254 e. The number of rotatable bonds is 5. The van der Waals surface area contributed by atoms with E-state index >= 15 is 0 Å². The predicted octanol–water partition coefficient (Wildman–Crippen LogP) is 1.76. The van der Waals surface area contributed by atoms with Crippen LogP contribution >= 0.6 is 0 Å². The quantitative estimate of drug-likeness (QED) is 0.833. The normalized spacial score (nSPS) is 19.3. The van der Waals surface area contributed by atoms with Crippen molar-refractivity contribution < 1.29 is 17.9 Å². The third-order valence-electron chi connectivity index (χ3n) is 4.62. The van der Waals surface area contributed by atoms with Gasteiger partial charge in [-0.25, -0.2) is 8.42 Å². The van der Waals surface area contributed by atoms with Crippen molar-refractivity contribution in [3.8, 4) is 5.75 Å². The van der Waals surface area contributed by atoms with Crippen LogP contribution in [0.25, 0.3) is 0 Å². The second-order valence-electron chi connectivity index (χ2n) is 6.23. The van der Waals surface area contributed by atoms with Crippen molar-refractivity contribution in [2.24, 2.45) is 0 Å². The van der Waals surface area contributed by atoms with E-state index in [0.717, 1.165) is 5.56 Å². The van der Waals surface area contributed by atoms with E-state index in [-0.39, 0.29) is 17.3 Å². The van der Waals surface area contributed by atoms with Crippen LogP contribution in [0.15, 0.2) is 53.4 Å². The lowest BCUT2D eigenvalue weighted by atomic mass is 9.98. The van der Waals surface area contributed by atoms with Gasteiger partial charge in [0, 0.05) is 13.5 Å². The first kappa shape index (κ1) is 18.4. The van der Waals surface area contributed by atoms with Crippen LogP contribution in [-0.4, -0.2) is 39.9 Å². The lowest BCUT2D eigenvalue weighted by Crippen LogP contribution is -2.53. The summed E-state index contributed by atoms with van der Waals surface area (Å²) < 4.78 is 32.9. The van der Waals surface area contributed by atoms with Gasteiger partial charge in [-0.15, -0.1) is 0 Å². The Kier molecular flexibility index (Phi) is 5.02. The largest absolute Gasteiger partial charge is 0.469 e. The molecule has 0 spiro atoms. The fourth-order valence-corrected chi connectivity index (χ4v) is 5.11. The fraction of sp³-hybridized carbons (Fsp3) is 0.316. The van der Waals surface area contributed by atoms with Gasteiger partial charge >= 0.3 is 0 Å². The number of sulfone groups is 1. The van der Waals surface area contributed by atoms with E-state index in [4.69, 9.17) is 4.74 Å². The number of carbonyl (C=O) groups excluding carboxylic acids is 1. The van der Waals surface area contributed by atoms with Gasteiger partial charge in [0.1, 0.15) is 5.75 Å². The van der Waals surface area contributed by atoms with Crippen LogP contribution in [-0.2, 0) is 16.3 Å². The van der Waals surface area contributed by atoms with Crippen molar-refractivity contribution in [3.63, 3.8) is 0 Å². The topological polar surface area (TPSA) is 84.5 Å². The van der Waals surface area contributed by atoms with E-state index in [1.54, 1.807) is 49.5 Å². The van der Waals surface area contributed by atoms with Crippen molar-refractivity contribution in [1.29, 1.82) is 0 Å². The van der Waals surface area contributed by atoms with Crippen LogP contribution in [0.5, 0.6) is 5.75 Å². The number of carbonyl (C=O) groups is 1. The zero-order valence-corrected chi connectivity index (χ0v) is 15.6. The summed E-state index contributed by atoms with van der Waals surface area (Å²) in [5.41, 5.74) is 1.18. The lowest BCUT2D eigenvalue weighted by Gasteiger charge is -2.38. The number of aryl methyl sites for hydroxylation is 1. The van der Waals surface area contributed by atoms with Crippen LogP contribution in [0, 0.1) is 0 Å². The number of benzene rings is 2. The summed E-state index contributed by atoms with van der Waals surface area (Å²) >= 11 is 0. The number of hydrogen-bond acceptors (Lipinski definition) is 5. The molecule has 0 bridgehead atoms. The molecule has 1 aliphatic heterocycles. The van der Waals surface area contributed by atoms with Crippen molar-refractivity contribution >= 4 is 15.7 Å². The van der Waals surface area contributed by atoms with E-state index in [1.165, 1.54) is 7.05 Å². The number of ether oxygens (including phenoxy) is 1. The maximum atomic E-state index is 13.4. The number of hydrogen-bond donors (Lipinski definition) is 2. The Hall–Kier alpha value is -2.38. The van der Waals surface area contributed by atoms with Gasteiger partial charge < -0.3 is 15.4 Å². The summed E-state index contributed by atoms with van der Waals surface area (Å²) in [5, 5.41) is 5.52. The Labute approximate surface area is 153 Å². The van der Waals surface area contributed by atoms with Crippen molar-refractivity contribution in [3.05, 3.63) is 59.7 Å². The monoisotopic (exact) mass is 374 g/mol. The first-order valence-corrected chi connectivity index (χ1v) is 9.91. The van der Waals surface area contributed by atoms with E-state index in [1.807, 2.05) is 6.07 Å². The van der Waals surface area contributed by atoms with Gasteiger partial charge in [0.25, 0.3) is 5.91 Å². The van der Waals surface area contributed by atoms with Crippen LogP contribution in [0.4, 0.5) is 0 Å². The standard InChI is InChI=1S/C19H22N2O4S/c1-20-13-19(26(23,24)15-8-4-3-5-9-15)12-11-14-7-6-10-16(17(14)25-19)18(22)21-2/h3-10,20H,11-13H2,1-2H3,(H,21,22). The molecule has 0 aromatic heterocycles. The molecule has 138 valence electrons. The molecule has 7 heteroatoms. The molecule has 0 aliphatic carbocycles. The molecule has 1 atom stereocenters. The SMILES string of the molecule is CNCC1(S(=O)(=O)c2ccccc2)CCc2cccc(C(=O)NC)c2O1. The Balaban J connectivity index is 2.13. The van der Waals surface area contributed by atoms with Gasteiger partial charge in [0.05, 0.1) is 17.0 Å². The minimum atomic E-state index is -3.79. The summed E-state index contributed by atoms with van der Waals surface area (Å²) in [7, 11) is -0.574. The minimum Gasteiger partial charge on any atom is -0.469 e. The highest BCUT2D eigenvalue weighted by Crippen LogP contribution is 2.40. The summed E-state index contributed by atoms with van der Waals surface area (Å²) in [6.07, 6.45) is 0.809. The molecule has 1 heterocycles.